The van der Waals surface area contributed by atoms with Crippen molar-refractivity contribution in [3.8, 4) is 0 Å². The SMILES string of the molecule is CSc1ccc(CN(CCCC(=O)O)C(C)C)cc1. The van der Waals surface area contributed by atoms with Crippen LogP contribution in [0.1, 0.15) is 32.3 Å². The molecular formula is C15H23NO2S. The lowest BCUT2D eigenvalue weighted by Gasteiger charge is -2.26. The molecule has 1 aromatic carbocycles. The van der Waals surface area contributed by atoms with Gasteiger partial charge in [-0.05, 0) is 50.8 Å². The highest BCUT2D eigenvalue weighted by atomic mass is 32.2. The number of nitrogens with zero attached hydrogens (tertiary/aromatic N) is 1. The van der Waals surface area contributed by atoms with E-state index >= 15 is 0 Å². The molecule has 1 aromatic rings. The average Bonchev–Trinajstić information content (AvgIpc) is 2.37. The molecule has 0 aliphatic carbocycles. The van der Waals surface area contributed by atoms with Gasteiger partial charge in [-0.1, -0.05) is 12.1 Å². The minimum absolute atomic E-state index is 0.245. The van der Waals surface area contributed by atoms with Gasteiger partial charge >= 0.3 is 5.97 Å². The van der Waals surface area contributed by atoms with Gasteiger partial charge in [0.2, 0.25) is 0 Å². The Morgan fingerprint density at radius 1 is 1.32 bits per heavy atom. The third kappa shape index (κ3) is 6.12. The third-order valence-electron chi connectivity index (χ3n) is 3.11. The zero-order valence-electron chi connectivity index (χ0n) is 11.9. The van der Waals surface area contributed by atoms with Crippen LogP contribution in [0.4, 0.5) is 0 Å². The Kier molecular flexibility index (Phi) is 6.95. The van der Waals surface area contributed by atoms with Gasteiger partial charge in [-0.15, -0.1) is 11.8 Å². The van der Waals surface area contributed by atoms with Crippen molar-refractivity contribution in [2.75, 3.05) is 12.8 Å². The Bertz CT molecular complexity index is 390. The maximum Gasteiger partial charge on any atom is 0.303 e. The van der Waals surface area contributed by atoms with Crippen LogP contribution in [0.3, 0.4) is 0 Å². The molecule has 0 unspecified atom stereocenters. The van der Waals surface area contributed by atoms with E-state index in [0.29, 0.717) is 12.5 Å². The van der Waals surface area contributed by atoms with Crippen LogP contribution in [0, 0.1) is 0 Å². The Morgan fingerprint density at radius 2 is 1.95 bits per heavy atom. The molecule has 3 nitrogen and oxygen atoms in total. The molecule has 106 valence electrons. The minimum atomic E-state index is -0.715. The summed E-state index contributed by atoms with van der Waals surface area (Å²) in [6.07, 6.45) is 3.02. The highest BCUT2D eigenvalue weighted by molar-refractivity contribution is 7.98. The predicted octanol–water partition coefficient (Wildman–Crippen LogP) is 3.48. The van der Waals surface area contributed by atoms with Gasteiger partial charge in [0.15, 0.2) is 0 Å². The van der Waals surface area contributed by atoms with Crippen molar-refractivity contribution in [2.45, 2.75) is 44.2 Å². The Labute approximate surface area is 120 Å². The summed E-state index contributed by atoms with van der Waals surface area (Å²) in [7, 11) is 0. The Morgan fingerprint density at radius 3 is 2.42 bits per heavy atom. The monoisotopic (exact) mass is 281 g/mol. The van der Waals surface area contributed by atoms with E-state index in [9.17, 15) is 4.79 Å². The summed E-state index contributed by atoms with van der Waals surface area (Å²) < 4.78 is 0. The molecule has 0 atom stereocenters. The summed E-state index contributed by atoms with van der Waals surface area (Å²) >= 11 is 1.74. The van der Waals surface area contributed by atoms with Gasteiger partial charge in [-0.2, -0.15) is 0 Å². The first-order valence-corrected chi connectivity index (χ1v) is 7.84. The number of aliphatic carboxylic acids is 1. The molecule has 0 aliphatic heterocycles. The van der Waals surface area contributed by atoms with E-state index in [4.69, 9.17) is 5.11 Å². The third-order valence-corrected chi connectivity index (χ3v) is 3.85. The predicted molar refractivity (Wildman–Crippen MR) is 80.6 cm³/mol. The molecule has 1 rings (SSSR count). The summed E-state index contributed by atoms with van der Waals surface area (Å²) in [4.78, 5) is 14.1. The lowest BCUT2D eigenvalue weighted by Crippen LogP contribution is -2.31. The number of hydrogen-bond donors (Lipinski definition) is 1. The molecular weight excluding hydrogens is 258 g/mol. The highest BCUT2D eigenvalue weighted by Gasteiger charge is 2.10. The van der Waals surface area contributed by atoms with E-state index in [1.165, 1.54) is 10.5 Å². The first-order valence-electron chi connectivity index (χ1n) is 6.61. The van der Waals surface area contributed by atoms with Gasteiger partial charge in [0.05, 0.1) is 0 Å². The number of benzene rings is 1. The van der Waals surface area contributed by atoms with Crippen molar-refractivity contribution < 1.29 is 9.90 Å². The number of hydrogen-bond acceptors (Lipinski definition) is 3. The van der Waals surface area contributed by atoms with Crippen molar-refractivity contribution in [3.63, 3.8) is 0 Å². The topological polar surface area (TPSA) is 40.5 Å². The van der Waals surface area contributed by atoms with Crippen LogP contribution in [0.25, 0.3) is 0 Å². The Balaban J connectivity index is 2.54. The molecule has 0 saturated heterocycles. The second-order valence-corrected chi connectivity index (χ2v) is 5.79. The van der Waals surface area contributed by atoms with Crippen molar-refractivity contribution in [1.29, 1.82) is 0 Å². The highest BCUT2D eigenvalue weighted by Crippen LogP contribution is 2.16. The van der Waals surface area contributed by atoms with Gasteiger partial charge in [0, 0.05) is 23.9 Å². The maximum atomic E-state index is 10.6. The number of carboxylic acid groups (broad SMARTS) is 1. The quantitative estimate of drug-likeness (QED) is 0.741. The van der Waals surface area contributed by atoms with Crippen molar-refractivity contribution in [1.82, 2.24) is 4.90 Å². The summed E-state index contributed by atoms with van der Waals surface area (Å²) in [5.74, 6) is -0.715. The number of thioether (sulfide) groups is 1. The molecule has 19 heavy (non-hydrogen) atoms. The summed E-state index contributed by atoms with van der Waals surface area (Å²) in [6.45, 7) is 6.01. The van der Waals surface area contributed by atoms with Crippen LogP contribution in [0.15, 0.2) is 29.2 Å². The van der Waals surface area contributed by atoms with Crippen LogP contribution in [0.5, 0.6) is 0 Å². The fourth-order valence-corrected chi connectivity index (χ4v) is 2.33. The van der Waals surface area contributed by atoms with Crippen molar-refractivity contribution >= 4 is 17.7 Å². The molecule has 0 aliphatic rings. The van der Waals surface area contributed by atoms with E-state index in [2.05, 4.69) is 49.3 Å². The van der Waals surface area contributed by atoms with Crippen molar-refractivity contribution in [2.24, 2.45) is 0 Å². The van der Waals surface area contributed by atoms with Crippen LogP contribution >= 0.6 is 11.8 Å². The van der Waals surface area contributed by atoms with Gasteiger partial charge in [-0.25, -0.2) is 0 Å². The number of carboxylic acids is 1. The van der Waals surface area contributed by atoms with Gasteiger partial charge in [0.1, 0.15) is 0 Å². The first kappa shape index (κ1) is 16.1. The van der Waals surface area contributed by atoms with Crippen LogP contribution < -0.4 is 0 Å². The van der Waals surface area contributed by atoms with E-state index in [0.717, 1.165) is 13.1 Å². The second-order valence-electron chi connectivity index (χ2n) is 4.91. The minimum Gasteiger partial charge on any atom is -0.481 e. The average molecular weight is 281 g/mol. The summed E-state index contributed by atoms with van der Waals surface area (Å²) in [5, 5.41) is 8.69. The van der Waals surface area contributed by atoms with E-state index in [1.807, 2.05) is 0 Å². The van der Waals surface area contributed by atoms with Gasteiger partial charge in [0.25, 0.3) is 0 Å². The Hall–Kier alpha value is -1.00. The second kappa shape index (κ2) is 8.23. The standard InChI is InChI=1S/C15H23NO2S/c1-12(2)16(10-4-5-15(17)18)11-13-6-8-14(19-3)9-7-13/h6-9,12H,4-5,10-11H2,1-3H3,(H,17,18). The summed E-state index contributed by atoms with van der Waals surface area (Å²) in [5.41, 5.74) is 1.28. The molecule has 0 bridgehead atoms. The number of carbonyl (C=O) groups is 1. The van der Waals surface area contributed by atoms with Gasteiger partial charge < -0.3 is 5.11 Å². The smallest absolute Gasteiger partial charge is 0.303 e. The fraction of sp³-hybridized carbons (Fsp3) is 0.533. The summed E-state index contributed by atoms with van der Waals surface area (Å²) in [6, 6.07) is 9.00. The van der Waals surface area contributed by atoms with Crippen LogP contribution in [-0.2, 0) is 11.3 Å². The molecule has 0 saturated carbocycles. The molecule has 0 spiro atoms. The van der Waals surface area contributed by atoms with Crippen molar-refractivity contribution in [3.05, 3.63) is 29.8 Å². The lowest BCUT2D eigenvalue weighted by atomic mass is 10.1. The normalized spacial score (nSPS) is 11.2. The largest absolute Gasteiger partial charge is 0.481 e. The zero-order chi connectivity index (χ0) is 14.3. The first-order chi connectivity index (χ1) is 9.02. The molecule has 4 heteroatoms. The maximum absolute atomic E-state index is 10.6. The van der Waals surface area contributed by atoms with Crippen LogP contribution in [0.2, 0.25) is 0 Å². The molecule has 0 amide bonds. The lowest BCUT2D eigenvalue weighted by molar-refractivity contribution is -0.137. The zero-order valence-corrected chi connectivity index (χ0v) is 12.7. The van der Waals surface area contributed by atoms with Gasteiger partial charge in [-0.3, -0.25) is 9.69 Å². The van der Waals surface area contributed by atoms with E-state index in [1.54, 1.807) is 11.8 Å². The molecule has 0 aromatic heterocycles. The molecule has 0 heterocycles. The molecule has 0 fully saturated rings. The fourth-order valence-electron chi connectivity index (χ4n) is 1.92. The van der Waals surface area contributed by atoms with E-state index in [-0.39, 0.29) is 6.42 Å². The van der Waals surface area contributed by atoms with Crippen LogP contribution in [-0.4, -0.2) is 34.8 Å². The molecule has 0 radical (unpaired) electrons. The number of rotatable bonds is 8. The van der Waals surface area contributed by atoms with E-state index < -0.39 is 5.97 Å². The molecule has 1 N–H and O–H groups in total.